The van der Waals surface area contributed by atoms with Crippen LogP contribution in [-0.4, -0.2) is 14.9 Å². The molecule has 0 spiro atoms. The summed E-state index contributed by atoms with van der Waals surface area (Å²) in [6, 6.07) is 7.23. The van der Waals surface area contributed by atoms with Crippen LogP contribution in [0.25, 0.3) is 11.3 Å². The normalized spacial score (nSPS) is 9.35. The molecule has 0 saturated heterocycles. The number of nitriles is 1. The minimum atomic E-state index is -0.598. The van der Waals surface area contributed by atoms with Gasteiger partial charge in [0.25, 0.3) is 11.2 Å². The molecule has 0 atom stereocenters. The molecule has 2 aromatic rings. The number of aromatic amines is 2. The van der Waals surface area contributed by atoms with Crippen LogP contribution in [0, 0.1) is 26.2 Å². The molecule has 0 aliphatic heterocycles. The van der Waals surface area contributed by atoms with Gasteiger partial charge in [0.15, 0.2) is 4.77 Å². The molecule has 0 unspecified atom stereocenters. The Morgan fingerprint density at radius 1 is 1.25 bits per heavy atom. The number of rotatable bonds is 2. The average Bonchev–Trinajstić information content (AvgIpc) is 2.38. The van der Waals surface area contributed by atoms with Crippen LogP contribution in [0.15, 0.2) is 29.1 Å². The van der Waals surface area contributed by atoms with Gasteiger partial charge < -0.3 is 4.98 Å². The van der Waals surface area contributed by atoms with Crippen molar-refractivity contribution in [1.29, 1.82) is 5.26 Å². The molecule has 94 valence electrons. The fraction of sp³-hybridized carbons (Fsp3) is 0. The van der Waals surface area contributed by atoms with Gasteiger partial charge in [0.2, 0.25) is 0 Å². The molecule has 0 radical (unpaired) electrons. The van der Waals surface area contributed by atoms with E-state index < -0.39 is 10.5 Å². The molecule has 1 heterocycles. The van der Waals surface area contributed by atoms with Crippen LogP contribution in [0.4, 0.5) is 5.69 Å². The smallest absolute Gasteiger partial charge is 0.331 e. The number of nitrogens with one attached hydrogen (secondary N) is 2. The van der Waals surface area contributed by atoms with E-state index in [1.165, 1.54) is 24.3 Å². The predicted octanol–water partition coefficient (Wildman–Crippen LogP) is -1.12. The van der Waals surface area contributed by atoms with Crippen LogP contribution >= 0.6 is 12.2 Å². The number of aromatic nitrogens is 2. The van der Waals surface area contributed by atoms with Gasteiger partial charge in [-0.3, -0.25) is 19.9 Å². The van der Waals surface area contributed by atoms with E-state index in [1.54, 1.807) is 6.07 Å². The van der Waals surface area contributed by atoms with Crippen LogP contribution in [0.5, 0.6) is 0 Å². The van der Waals surface area contributed by atoms with E-state index in [-0.39, 0.29) is 73.1 Å². The van der Waals surface area contributed by atoms with E-state index in [4.69, 9.17) is 17.5 Å². The largest absolute Gasteiger partial charge is 1.00 e. The molecule has 7 nitrogen and oxygen atoms in total. The van der Waals surface area contributed by atoms with Gasteiger partial charge in [-0.15, -0.1) is 0 Å². The molecule has 1 aromatic heterocycles. The second-order valence-electron chi connectivity index (χ2n) is 3.57. The Kier molecular flexibility index (Phi) is 5.94. The minimum Gasteiger partial charge on any atom is -0.331 e. The molecule has 1 aromatic carbocycles. The first-order valence-corrected chi connectivity index (χ1v) is 5.45. The first-order chi connectivity index (χ1) is 9.02. The van der Waals surface area contributed by atoms with Crippen molar-refractivity contribution in [3.05, 3.63) is 55.1 Å². The summed E-state index contributed by atoms with van der Waals surface area (Å²) >= 11 is 4.83. The zero-order chi connectivity index (χ0) is 14.0. The first kappa shape index (κ1) is 16.9. The number of nitrogens with zero attached hydrogens (tertiary/aromatic N) is 2. The summed E-state index contributed by atoms with van der Waals surface area (Å²) in [5, 5.41) is 19.5. The fourth-order valence-electron chi connectivity index (χ4n) is 1.56. The van der Waals surface area contributed by atoms with Crippen LogP contribution in [0.1, 0.15) is 5.56 Å². The molecule has 0 aliphatic carbocycles. The van der Waals surface area contributed by atoms with E-state index >= 15 is 0 Å². The first-order valence-electron chi connectivity index (χ1n) is 5.04. The number of nitro benzene ring substituents is 1. The molecular formula is C11H6KN4O3S+. The zero-order valence-electron chi connectivity index (χ0n) is 10.3. The van der Waals surface area contributed by atoms with E-state index in [0.29, 0.717) is 5.56 Å². The standard InChI is InChI=1S/C11H6N4O3S.K/c12-5-8-9(13-11(19)14-10(8)16)6-1-3-7(4-2-6)15(17)18;/h1-4H,(H2,13,14,16,19);/q;+1. The van der Waals surface area contributed by atoms with E-state index in [0.717, 1.165) is 0 Å². The molecule has 0 saturated carbocycles. The van der Waals surface area contributed by atoms with Crippen LogP contribution in [-0.2, 0) is 0 Å². The molecule has 0 aliphatic rings. The maximum atomic E-state index is 11.6. The van der Waals surface area contributed by atoms with Gasteiger partial charge in [-0.05, 0) is 24.4 Å². The Hall–Kier alpha value is -1.15. The second-order valence-corrected chi connectivity index (χ2v) is 3.98. The molecule has 2 rings (SSSR count). The second kappa shape index (κ2) is 7.03. The molecular weight excluding hydrogens is 307 g/mol. The summed E-state index contributed by atoms with van der Waals surface area (Å²) in [6.45, 7) is 0. The van der Waals surface area contributed by atoms with Crippen molar-refractivity contribution in [3.8, 4) is 17.3 Å². The van der Waals surface area contributed by atoms with Crippen molar-refractivity contribution in [2.24, 2.45) is 0 Å². The minimum absolute atomic E-state index is 0. The van der Waals surface area contributed by atoms with Gasteiger partial charge in [-0.1, -0.05) is 0 Å². The summed E-state index contributed by atoms with van der Waals surface area (Å²) in [6.07, 6.45) is 0. The van der Waals surface area contributed by atoms with Crippen molar-refractivity contribution in [3.63, 3.8) is 0 Å². The molecule has 9 heteroatoms. The van der Waals surface area contributed by atoms with Gasteiger partial charge in [-0.2, -0.15) is 5.26 Å². The Balaban J connectivity index is 0.00000200. The van der Waals surface area contributed by atoms with Crippen molar-refractivity contribution in [2.45, 2.75) is 0 Å². The zero-order valence-corrected chi connectivity index (χ0v) is 14.3. The number of benzene rings is 1. The summed E-state index contributed by atoms with van der Waals surface area (Å²) < 4.78 is 0.0809. The van der Waals surface area contributed by atoms with Crippen LogP contribution in [0.2, 0.25) is 0 Å². The number of nitro groups is 1. The molecule has 0 amide bonds. The third kappa shape index (κ3) is 3.48. The van der Waals surface area contributed by atoms with Gasteiger partial charge in [0.05, 0.1) is 10.6 Å². The Bertz CT molecular complexity index is 804. The Labute approximate surface area is 160 Å². The average molecular weight is 313 g/mol. The summed E-state index contributed by atoms with van der Waals surface area (Å²) in [5.74, 6) is 0. The van der Waals surface area contributed by atoms with E-state index in [1.807, 2.05) is 0 Å². The summed E-state index contributed by atoms with van der Waals surface area (Å²) in [7, 11) is 0. The number of non-ortho nitro benzene ring substituents is 1. The van der Waals surface area contributed by atoms with Crippen molar-refractivity contribution in [2.75, 3.05) is 0 Å². The van der Waals surface area contributed by atoms with E-state index in [9.17, 15) is 14.9 Å². The van der Waals surface area contributed by atoms with Crippen LogP contribution in [0.3, 0.4) is 0 Å². The summed E-state index contributed by atoms with van der Waals surface area (Å²) in [5.41, 5.74) is -0.0850. The maximum absolute atomic E-state index is 11.6. The molecule has 0 bridgehead atoms. The monoisotopic (exact) mass is 313 g/mol. The Morgan fingerprint density at radius 3 is 2.35 bits per heavy atom. The van der Waals surface area contributed by atoms with Gasteiger partial charge >= 0.3 is 51.4 Å². The fourth-order valence-corrected chi connectivity index (χ4v) is 1.75. The van der Waals surface area contributed by atoms with Crippen molar-refractivity contribution in [1.82, 2.24) is 9.97 Å². The maximum Gasteiger partial charge on any atom is 1.00 e. The topological polar surface area (TPSA) is 116 Å². The number of hydrogen-bond donors (Lipinski definition) is 2. The third-order valence-electron chi connectivity index (χ3n) is 2.42. The summed E-state index contributed by atoms with van der Waals surface area (Å²) in [4.78, 5) is 26.6. The third-order valence-corrected chi connectivity index (χ3v) is 2.63. The van der Waals surface area contributed by atoms with E-state index in [2.05, 4.69) is 9.97 Å². The quantitative estimate of drug-likeness (QED) is 0.315. The van der Waals surface area contributed by atoms with Gasteiger partial charge in [0, 0.05) is 17.7 Å². The van der Waals surface area contributed by atoms with Gasteiger partial charge in [0.1, 0.15) is 11.6 Å². The Morgan fingerprint density at radius 2 is 1.85 bits per heavy atom. The van der Waals surface area contributed by atoms with Gasteiger partial charge in [-0.25, -0.2) is 0 Å². The molecule has 20 heavy (non-hydrogen) atoms. The predicted molar refractivity (Wildman–Crippen MR) is 69.1 cm³/mol. The van der Waals surface area contributed by atoms with Crippen LogP contribution < -0.4 is 56.9 Å². The number of H-pyrrole nitrogens is 2. The molecule has 0 fully saturated rings. The van der Waals surface area contributed by atoms with Crippen molar-refractivity contribution >= 4 is 17.9 Å². The number of hydrogen-bond acceptors (Lipinski definition) is 5. The van der Waals surface area contributed by atoms with Crippen molar-refractivity contribution < 1.29 is 56.3 Å². The molecule has 2 N–H and O–H groups in total. The SMILES string of the molecule is N#Cc1c(-c2ccc([N+](=O)[O-])cc2)[nH]c(=S)[nH]c1=O.[K+].